The van der Waals surface area contributed by atoms with Crippen molar-refractivity contribution < 1.29 is 9.53 Å². The highest BCUT2D eigenvalue weighted by molar-refractivity contribution is 7.10. The summed E-state index contributed by atoms with van der Waals surface area (Å²) in [4.78, 5) is 23.1. The number of amides is 1. The Morgan fingerprint density at radius 3 is 2.96 bits per heavy atom. The molecule has 0 atom stereocenters. The lowest BCUT2D eigenvalue weighted by atomic mass is 10.1. The van der Waals surface area contributed by atoms with Gasteiger partial charge in [0.15, 0.2) is 0 Å². The van der Waals surface area contributed by atoms with E-state index in [1.807, 2.05) is 36.2 Å². The third-order valence-corrected chi connectivity index (χ3v) is 6.07. The van der Waals surface area contributed by atoms with Gasteiger partial charge in [-0.05, 0) is 43.3 Å². The van der Waals surface area contributed by atoms with Crippen LogP contribution in [-0.2, 0) is 26.1 Å². The van der Waals surface area contributed by atoms with Crippen molar-refractivity contribution in [1.82, 2.24) is 14.8 Å². The predicted octanol–water partition coefficient (Wildman–Crippen LogP) is 3.07. The minimum atomic E-state index is 0.0835. The molecule has 0 aromatic carbocycles. The SMILES string of the molecule is COc1nc2c(cc1CN1CCc3sccc3C1)C(=O)N(C(C)C)C2. The van der Waals surface area contributed by atoms with E-state index in [9.17, 15) is 4.79 Å². The molecule has 1 amide bonds. The topological polar surface area (TPSA) is 45.7 Å². The zero-order valence-electron chi connectivity index (χ0n) is 14.9. The van der Waals surface area contributed by atoms with Crippen LogP contribution in [0.15, 0.2) is 17.5 Å². The molecule has 2 aromatic heterocycles. The van der Waals surface area contributed by atoms with Crippen LogP contribution < -0.4 is 4.74 Å². The zero-order chi connectivity index (χ0) is 17.6. The van der Waals surface area contributed by atoms with Gasteiger partial charge in [0.05, 0.1) is 24.9 Å². The summed E-state index contributed by atoms with van der Waals surface area (Å²) in [5.74, 6) is 0.730. The molecule has 0 aliphatic carbocycles. The zero-order valence-corrected chi connectivity index (χ0v) is 15.7. The second kappa shape index (κ2) is 6.42. The number of aromatic nitrogens is 1. The van der Waals surface area contributed by atoms with Gasteiger partial charge in [-0.3, -0.25) is 9.69 Å². The van der Waals surface area contributed by atoms with Gasteiger partial charge in [0.1, 0.15) is 0 Å². The van der Waals surface area contributed by atoms with Crippen LogP contribution in [0.4, 0.5) is 0 Å². The van der Waals surface area contributed by atoms with Crippen molar-refractivity contribution in [1.29, 1.82) is 0 Å². The minimum absolute atomic E-state index is 0.0835. The average molecular weight is 357 g/mol. The number of thiophene rings is 1. The second-order valence-electron chi connectivity index (χ2n) is 7.01. The van der Waals surface area contributed by atoms with E-state index in [4.69, 9.17) is 4.74 Å². The Hall–Kier alpha value is -1.92. The van der Waals surface area contributed by atoms with Crippen LogP contribution in [-0.4, -0.2) is 40.4 Å². The first-order valence-electron chi connectivity index (χ1n) is 8.72. The third-order valence-electron chi connectivity index (χ3n) is 5.05. The summed E-state index contributed by atoms with van der Waals surface area (Å²) in [5, 5.41) is 2.17. The Kier molecular flexibility index (Phi) is 4.25. The number of hydrogen-bond acceptors (Lipinski definition) is 5. The van der Waals surface area contributed by atoms with E-state index in [1.165, 1.54) is 10.4 Å². The molecular weight excluding hydrogens is 334 g/mol. The first kappa shape index (κ1) is 16.5. The lowest BCUT2D eigenvalue weighted by molar-refractivity contribution is 0.0730. The van der Waals surface area contributed by atoms with Crippen molar-refractivity contribution in [3.8, 4) is 5.88 Å². The third kappa shape index (κ3) is 2.93. The highest BCUT2D eigenvalue weighted by Gasteiger charge is 2.32. The summed E-state index contributed by atoms with van der Waals surface area (Å²) < 4.78 is 5.53. The molecule has 4 heterocycles. The summed E-state index contributed by atoms with van der Waals surface area (Å²) in [7, 11) is 1.66. The van der Waals surface area contributed by atoms with Gasteiger partial charge in [0.2, 0.25) is 5.88 Å². The van der Waals surface area contributed by atoms with Gasteiger partial charge in [-0.2, -0.15) is 0 Å². The maximum atomic E-state index is 12.6. The van der Waals surface area contributed by atoms with Crippen molar-refractivity contribution in [3.05, 3.63) is 44.8 Å². The van der Waals surface area contributed by atoms with Gasteiger partial charge in [-0.15, -0.1) is 11.3 Å². The van der Waals surface area contributed by atoms with Gasteiger partial charge in [0.25, 0.3) is 5.91 Å². The smallest absolute Gasteiger partial charge is 0.256 e. The van der Waals surface area contributed by atoms with Crippen molar-refractivity contribution >= 4 is 17.2 Å². The van der Waals surface area contributed by atoms with Crippen LogP contribution in [0.25, 0.3) is 0 Å². The number of pyridine rings is 1. The molecule has 4 rings (SSSR count). The fraction of sp³-hybridized carbons (Fsp3) is 0.474. The largest absolute Gasteiger partial charge is 0.481 e. The monoisotopic (exact) mass is 357 g/mol. The summed E-state index contributed by atoms with van der Waals surface area (Å²) >= 11 is 1.85. The Balaban J connectivity index is 1.60. The molecule has 2 aromatic rings. The van der Waals surface area contributed by atoms with Gasteiger partial charge >= 0.3 is 0 Å². The molecule has 132 valence electrons. The highest BCUT2D eigenvalue weighted by atomic mass is 32.1. The van der Waals surface area contributed by atoms with Gasteiger partial charge in [-0.25, -0.2) is 4.98 Å². The molecule has 0 spiro atoms. The van der Waals surface area contributed by atoms with E-state index >= 15 is 0 Å². The van der Waals surface area contributed by atoms with Gasteiger partial charge in [-0.1, -0.05) is 0 Å². The Labute approximate surface area is 152 Å². The summed E-state index contributed by atoms with van der Waals surface area (Å²) in [6, 6.07) is 4.39. The number of rotatable bonds is 4. The Morgan fingerprint density at radius 1 is 1.36 bits per heavy atom. The predicted molar refractivity (Wildman–Crippen MR) is 97.9 cm³/mol. The fourth-order valence-corrected chi connectivity index (χ4v) is 4.55. The molecule has 0 unspecified atom stereocenters. The number of nitrogens with zero attached hydrogens (tertiary/aromatic N) is 3. The molecule has 0 saturated heterocycles. The summed E-state index contributed by atoms with van der Waals surface area (Å²) in [6.45, 7) is 7.38. The molecule has 0 fully saturated rings. The first-order chi connectivity index (χ1) is 12.1. The molecule has 25 heavy (non-hydrogen) atoms. The molecular formula is C19H23N3O2S. The van der Waals surface area contributed by atoms with Crippen LogP contribution in [0.3, 0.4) is 0 Å². The minimum Gasteiger partial charge on any atom is -0.481 e. The summed E-state index contributed by atoms with van der Waals surface area (Å²) in [5.41, 5.74) is 3.99. The lowest BCUT2D eigenvalue weighted by Gasteiger charge is -2.27. The first-order valence-corrected chi connectivity index (χ1v) is 9.60. The summed E-state index contributed by atoms with van der Waals surface area (Å²) in [6.07, 6.45) is 1.09. The molecule has 2 aliphatic rings. The molecule has 6 heteroatoms. The Bertz CT molecular complexity index is 815. The standard InChI is InChI=1S/C19H23N3O2S/c1-12(2)22-11-16-15(19(22)23)8-14(18(20-16)24-3)10-21-6-4-17-13(9-21)5-7-25-17/h5,7-8,12H,4,6,9-11H2,1-3H3. The number of carbonyl (C=O) groups is 1. The van der Waals surface area contributed by atoms with Crippen LogP contribution in [0.5, 0.6) is 5.88 Å². The van der Waals surface area contributed by atoms with E-state index in [1.54, 1.807) is 7.11 Å². The molecule has 0 radical (unpaired) electrons. The van der Waals surface area contributed by atoms with Gasteiger partial charge < -0.3 is 9.64 Å². The number of methoxy groups -OCH3 is 1. The van der Waals surface area contributed by atoms with Crippen molar-refractivity contribution in [2.75, 3.05) is 13.7 Å². The number of fused-ring (bicyclic) bond motifs is 2. The van der Waals surface area contributed by atoms with E-state index in [0.29, 0.717) is 12.4 Å². The number of carbonyl (C=O) groups excluding carboxylic acids is 1. The van der Waals surface area contributed by atoms with Crippen LogP contribution in [0.2, 0.25) is 0 Å². The maximum absolute atomic E-state index is 12.6. The van der Waals surface area contributed by atoms with Crippen molar-refractivity contribution in [3.63, 3.8) is 0 Å². The number of ether oxygens (including phenoxy) is 1. The lowest BCUT2D eigenvalue weighted by Crippen LogP contribution is -2.31. The van der Waals surface area contributed by atoms with Gasteiger partial charge in [0, 0.05) is 36.1 Å². The van der Waals surface area contributed by atoms with Crippen molar-refractivity contribution in [2.45, 2.75) is 45.9 Å². The maximum Gasteiger partial charge on any atom is 0.256 e. The molecule has 0 N–H and O–H groups in total. The Morgan fingerprint density at radius 2 is 2.20 bits per heavy atom. The molecule has 2 aliphatic heterocycles. The van der Waals surface area contributed by atoms with E-state index in [-0.39, 0.29) is 11.9 Å². The molecule has 0 bridgehead atoms. The second-order valence-corrected chi connectivity index (χ2v) is 8.01. The van der Waals surface area contributed by atoms with E-state index < -0.39 is 0 Å². The van der Waals surface area contributed by atoms with Crippen LogP contribution in [0.1, 0.15) is 45.9 Å². The molecule has 0 saturated carbocycles. The molecule has 5 nitrogen and oxygen atoms in total. The van der Waals surface area contributed by atoms with Crippen LogP contribution in [0, 0.1) is 0 Å². The average Bonchev–Trinajstić information content (AvgIpc) is 3.18. The van der Waals surface area contributed by atoms with Crippen molar-refractivity contribution in [2.24, 2.45) is 0 Å². The normalized spacial score (nSPS) is 17.1. The van der Waals surface area contributed by atoms with E-state index in [0.717, 1.165) is 42.9 Å². The van der Waals surface area contributed by atoms with Crippen LogP contribution >= 0.6 is 11.3 Å². The quantitative estimate of drug-likeness (QED) is 0.844. The highest BCUT2D eigenvalue weighted by Crippen LogP contribution is 2.31. The fourth-order valence-electron chi connectivity index (χ4n) is 3.66. The van der Waals surface area contributed by atoms with E-state index in [2.05, 4.69) is 21.3 Å². The number of hydrogen-bond donors (Lipinski definition) is 0.